The summed E-state index contributed by atoms with van der Waals surface area (Å²) in [7, 11) is 0. The fraction of sp³-hybridized carbons (Fsp3) is 0.857. The fourth-order valence-corrected chi connectivity index (χ4v) is 2.76. The molecular weight excluding hydrogens is 258 g/mol. The number of rotatable bonds is 5. The van der Waals surface area contributed by atoms with Crippen LogP contribution in [0, 0.1) is 11.8 Å². The molecule has 2 atom stereocenters. The summed E-state index contributed by atoms with van der Waals surface area (Å²) in [6, 6.07) is -0.477. The van der Waals surface area contributed by atoms with Gasteiger partial charge in [-0.25, -0.2) is 4.79 Å². The second-order valence-corrected chi connectivity index (χ2v) is 6.44. The molecule has 1 aliphatic rings. The monoisotopic (exact) mass is 285 g/mol. The Bertz CT molecular complexity index is 356. The molecule has 0 spiro atoms. The smallest absolute Gasteiger partial charge is 0.314 e. The van der Waals surface area contributed by atoms with E-state index >= 15 is 0 Å². The maximum Gasteiger partial charge on any atom is 0.314 e. The predicted octanol–water partition coefficient (Wildman–Crippen LogP) is 0.690. The molecule has 0 aromatic rings. The third kappa shape index (κ3) is 5.36. The molecule has 4 N–H and O–H groups in total. The first-order valence-corrected chi connectivity index (χ1v) is 7.26. The number of likely N-dealkylation sites (tertiary alicyclic amines) is 1. The van der Waals surface area contributed by atoms with Gasteiger partial charge in [0.2, 0.25) is 5.91 Å². The molecule has 0 aromatic heterocycles. The summed E-state index contributed by atoms with van der Waals surface area (Å²) in [5, 5.41) is 13.0. The van der Waals surface area contributed by atoms with Crippen LogP contribution in [0.2, 0.25) is 0 Å². The van der Waals surface area contributed by atoms with Crippen LogP contribution in [0.3, 0.4) is 0 Å². The van der Waals surface area contributed by atoms with Gasteiger partial charge in [0, 0.05) is 19.6 Å². The number of nitrogens with one attached hydrogen (secondary N) is 1. The number of urea groups is 1. The van der Waals surface area contributed by atoms with E-state index in [4.69, 9.17) is 5.73 Å². The van der Waals surface area contributed by atoms with Crippen molar-refractivity contribution in [2.45, 2.75) is 45.6 Å². The number of primary amides is 1. The summed E-state index contributed by atoms with van der Waals surface area (Å²) in [4.78, 5) is 24.7. The molecule has 0 aromatic carbocycles. The van der Waals surface area contributed by atoms with Crippen LogP contribution in [-0.4, -0.2) is 47.2 Å². The van der Waals surface area contributed by atoms with Gasteiger partial charge in [0.15, 0.2) is 0 Å². The normalized spacial score (nSPS) is 22.4. The molecule has 0 radical (unpaired) electrons. The molecule has 0 bridgehead atoms. The van der Waals surface area contributed by atoms with Crippen molar-refractivity contribution in [1.82, 2.24) is 10.2 Å². The van der Waals surface area contributed by atoms with Crippen LogP contribution in [0.4, 0.5) is 4.79 Å². The molecule has 6 nitrogen and oxygen atoms in total. The zero-order chi connectivity index (χ0) is 15.3. The second kappa shape index (κ2) is 6.92. The van der Waals surface area contributed by atoms with Crippen molar-refractivity contribution in [3.63, 3.8) is 0 Å². The van der Waals surface area contributed by atoms with Crippen LogP contribution in [0.5, 0.6) is 0 Å². The van der Waals surface area contributed by atoms with Gasteiger partial charge < -0.3 is 21.1 Å². The average Bonchev–Trinajstić information content (AvgIpc) is 2.34. The van der Waals surface area contributed by atoms with E-state index in [2.05, 4.69) is 5.32 Å². The van der Waals surface area contributed by atoms with E-state index < -0.39 is 11.6 Å². The molecule has 1 heterocycles. The summed E-state index contributed by atoms with van der Waals surface area (Å²) < 4.78 is 0. The lowest BCUT2D eigenvalue weighted by molar-refractivity contribution is -0.127. The molecule has 1 saturated heterocycles. The molecular formula is C14H27N3O3. The predicted molar refractivity (Wildman–Crippen MR) is 77.0 cm³/mol. The third-order valence-electron chi connectivity index (χ3n) is 3.60. The highest BCUT2D eigenvalue weighted by Gasteiger charge is 2.29. The molecule has 0 saturated carbocycles. The Hall–Kier alpha value is -1.30. The first-order chi connectivity index (χ1) is 9.21. The molecule has 1 fully saturated rings. The van der Waals surface area contributed by atoms with Gasteiger partial charge in [-0.05, 0) is 32.1 Å². The Kier molecular flexibility index (Phi) is 5.80. The molecule has 3 amide bonds. The largest absolute Gasteiger partial charge is 0.388 e. The van der Waals surface area contributed by atoms with Gasteiger partial charge in [0.25, 0.3) is 0 Å². The second-order valence-electron chi connectivity index (χ2n) is 6.44. The highest BCUT2D eigenvalue weighted by Crippen LogP contribution is 2.18. The highest BCUT2D eigenvalue weighted by atomic mass is 16.3. The summed E-state index contributed by atoms with van der Waals surface area (Å²) in [5.74, 6) is 0.0213. The van der Waals surface area contributed by atoms with E-state index in [1.807, 2.05) is 13.8 Å². The average molecular weight is 285 g/mol. The minimum Gasteiger partial charge on any atom is -0.388 e. The Morgan fingerprint density at radius 1 is 1.50 bits per heavy atom. The van der Waals surface area contributed by atoms with E-state index in [0.717, 1.165) is 12.8 Å². The molecule has 20 heavy (non-hydrogen) atoms. The van der Waals surface area contributed by atoms with Gasteiger partial charge in [-0.1, -0.05) is 13.8 Å². The van der Waals surface area contributed by atoms with Crippen LogP contribution >= 0.6 is 0 Å². The summed E-state index contributed by atoms with van der Waals surface area (Å²) >= 11 is 0. The number of nitrogens with zero attached hydrogens (tertiary/aromatic N) is 1. The Balaban J connectivity index is 2.44. The summed E-state index contributed by atoms with van der Waals surface area (Å²) in [6.45, 7) is 7.00. The maximum atomic E-state index is 12.1. The quantitative estimate of drug-likeness (QED) is 0.693. The fourth-order valence-electron chi connectivity index (χ4n) is 2.76. The van der Waals surface area contributed by atoms with Gasteiger partial charge in [-0.2, -0.15) is 0 Å². The van der Waals surface area contributed by atoms with E-state index in [1.54, 1.807) is 6.92 Å². The number of hydrogen-bond acceptors (Lipinski definition) is 3. The van der Waals surface area contributed by atoms with Gasteiger partial charge in [0.05, 0.1) is 11.5 Å². The number of amides is 3. The first-order valence-electron chi connectivity index (χ1n) is 7.26. The van der Waals surface area contributed by atoms with Crippen LogP contribution in [0.25, 0.3) is 0 Å². The van der Waals surface area contributed by atoms with Crippen molar-refractivity contribution < 1.29 is 14.7 Å². The van der Waals surface area contributed by atoms with Crippen molar-refractivity contribution in [3.05, 3.63) is 0 Å². The summed E-state index contributed by atoms with van der Waals surface area (Å²) in [5.41, 5.74) is 4.34. The molecule has 0 aliphatic carbocycles. The van der Waals surface area contributed by atoms with E-state index in [9.17, 15) is 14.7 Å². The van der Waals surface area contributed by atoms with E-state index in [0.29, 0.717) is 25.4 Å². The van der Waals surface area contributed by atoms with E-state index in [1.165, 1.54) is 4.90 Å². The minimum absolute atomic E-state index is 0.111. The van der Waals surface area contributed by atoms with Crippen LogP contribution in [-0.2, 0) is 4.79 Å². The number of piperidine rings is 1. The molecule has 116 valence electrons. The lowest BCUT2D eigenvalue weighted by Crippen LogP contribution is -2.49. The lowest BCUT2D eigenvalue weighted by Gasteiger charge is -2.32. The molecule has 6 heteroatoms. The topological polar surface area (TPSA) is 95.7 Å². The number of hydrogen-bond donors (Lipinski definition) is 3. The zero-order valence-electron chi connectivity index (χ0n) is 12.7. The van der Waals surface area contributed by atoms with Crippen LogP contribution < -0.4 is 11.1 Å². The highest BCUT2D eigenvalue weighted by molar-refractivity contribution is 5.80. The first kappa shape index (κ1) is 16.8. The SMILES string of the molecule is CC(C)CC(C)(O)CNC(=O)C1CCCN(C(N)=O)C1. The molecule has 1 aliphatic heterocycles. The van der Waals surface area contributed by atoms with Crippen molar-refractivity contribution in [2.75, 3.05) is 19.6 Å². The standard InChI is InChI=1S/C14H27N3O3/c1-10(2)7-14(3,20)9-16-12(18)11-5-4-6-17(8-11)13(15)19/h10-11,20H,4-9H2,1-3H3,(H2,15,19)(H,16,18). The number of carbonyl (C=O) groups excluding carboxylic acids is 2. The number of aliphatic hydroxyl groups is 1. The maximum absolute atomic E-state index is 12.1. The Morgan fingerprint density at radius 2 is 2.15 bits per heavy atom. The Labute approximate surface area is 120 Å². The van der Waals surface area contributed by atoms with Crippen LogP contribution in [0.1, 0.15) is 40.0 Å². The van der Waals surface area contributed by atoms with Gasteiger partial charge >= 0.3 is 6.03 Å². The van der Waals surface area contributed by atoms with Crippen molar-refractivity contribution in [1.29, 1.82) is 0 Å². The van der Waals surface area contributed by atoms with Crippen molar-refractivity contribution in [3.8, 4) is 0 Å². The van der Waals surface area contributed by atoms with Crippen LogP contribution in [0.15, 0.2) is 0 Å². The molecule has 2 unspecified atom stereocenters. The third-order valence-corrected chi connectivity index (χ3v) is 3.60. The van der Waals surface area contributed by atoms with Crippen molar-refractivity contribution in [2.24, 2.45) is 17.6 Å². The molecule has 1 rings (SSSR count). The van der Waals surface area contributed by atoms with E-state index in [-0.39, 0.29) is 18.4 Å². The minimum atomic E-state index is -0.901. The Morgan fingerprint density at radius 3 is 2.70 bits per heavy atom. The van der Waals surface area contributed by atoms with Crippen molar-refractivity contribution >= 4 is 11.9 Å². The summed E-state index contributed by atoms with van der Waals surface area (Å²) in [6.07, 6.45) is 2.16. The number of carbonyl (C=O) groups is 2. The lowest BCUT2D eigenvalue weighted by atomic mass is 9.93. The van der Waals surface area contributed by atoms with Gasteiger partial charge in [-0.15, -0.1) is 0 Å². The van der Waals surface area contributed by atoms with Gasteiger partial charge in [0.1, 0.15) is 0 Å². The zero-order valence-corrected chi connectivity index (χ0v) is 12.7. The van der Waals surface area contributed by atoms with Gasteiger partial charge in [-0.3, -0.25) is 4.79 Å². The number of nitrogens with two attached hydrogens (primary N) is 1.